The Morgan fingerprint density at radius 3 is 1.73 bits per heavy atom. The lowest BCUT2D eigenvalue weighted by molar-refractivity contribution is -0.140. The third-order valence-corrected chi connectivity index (χ3v) is 6.37. The van der Waals surface area contributed by atoms with Crippen LogP contribution in [0.5, 0.6) is 11.8 Å². The predicted molar refractivity (Wildman–Crippen MR) is 72.7 cm³/mol. The molecule has 2 bridgehead atoms. The van der Waals surface area contributed by atoms with E-state index in [2.05, 4.69) is 0 Å². The number of hydrogen-bond donors (Lipinski definition) is 3. The summed E-state index contributed by atoms with van der Waals surface area (Å²) in [7, 11) is 0. The van der Waals surface area contributed by atoms with Gasteiger partial charge in [0.1, 0.15) is 11.6 Å². The molecule has 6 rings (SSSR count). The molecule has 2 fully saturated rings. The van der Waals surface area contributed by atoms with Gasteiger partial charge in [-0.2, -0.15) is 0 Å². The molecule has 0 spiro atoms. The molecule has 2 saturated carbocycles. The molecule has 22 heavy (non-hydrogen) atoms. The third kappa shape index (κ3) is 0.996. The Hall–Kier alpha value is -2.24. The van der Waals surface area contributed by atoms with Gasteiger partial charge in [0, 0.05) is 34.8 Å². The average Bonchev–Trinajstić information content (AvgIpc) is 2.82. The second kappa shape index (κ2) is 3.39. The van der Waals surface area contributed by atoms with Crippen molar-refractivity contribution in [2.24, 2.45) is 29.6 Å². The van der Waals surface area contributed by atoms with Gasteiger partial charge < -0.3 is 15.4 Å². The summed E-state index contributed by atoms with van der Waals surface area (Å²) >= 11 is 0. The van der Waals surface area contributed by atoms with Crippen LogP contribution in [0.1, 0.15) is 29.9 Å². The highest BCUT2D eigenvalue weighted by Gasteiger charge is 2.70. The molecule has 0 amide bonds. The van der Waals surface area contributed by atoms with Gasteiger partial charge in [0.2, 0.25) is 11.8 Å². The van der Waals surface area contributed by atoms with Gasteiger partial charge in [0.05, 0.1) is 5.92 Å². The van der Waals surface area contributed by atoms with Crippen LogP contribution in [0.15, 0.2) is 12.2 Å². The standard InChI is InChI=1S/C16H15NO5/c1-4-13(18)11-7-5-2-3-6(8(7)12(11)14(4)19)10-9(5)15(20)17(22)16(10)21/h2-8,11-12,20-22H,1H3. The number of aromatic hydroxyl groups is 2. The van der Waals surface area contributed by atoms with Gasteiger partial charge in [0.15, 0.2) is 0 Å². The van der Waals surface area contributed by atoms with Crippen LogP contribution in [0.4, 0.5) is 0 Å². The SMILES string of the molecule is CC1C(=O)C2C(C1=O)C1C3C=CC(c4c3c(O)n(O)c4O)C21. The normalized spacial score (nSPS) is 43.8. The fourth-order valence-electron chi connectivity index (χ4n) is 5.49. The van der Waals surface area contributed by atoms with E-state index in [-0.39, 0.29) is 58.8 Å². The number of allylic oxidation sites excluding steroid dienone is 2. The van der Waals surface area contributed by atoms with Crippen LogP contribution in [0.3, 0.4) is 0 Å². The van der Waals surface area contributed by atoms with Crippen molar-refractivity contribution in [2.75, 3.05) is 0 Å². The molecule has 1 aromatic rings. The zero-order chi connectivity index (χ0) is 15.5. The van der Waals surface area contributed by atoms with Crippen LogP contribution < -0.4 is 0 Å². The topological polar surface area (TPSA) is 99.8 Å². The molecule has 6 unspecified atom stereocenters. The van der Waals surface area contributed by atoms with E-state index in [0.717, 1.165) is 0 Å². The Morgan fingerprint density at radius 2 is 1.32 bits per heavy atom. The Morgan fingerprint density at radius 1 is 0.909 bits per heavy atom. The summed E-state index contributed by atoms with van der Waals surface area (Å²) < 4.78 is 0.393. The van der Waals surface area contributed by atoms with Crippen LogP contribution in [0.2, 0.25) is 0 Å². The first-order valence-corrected chi connectivity index (χ1v) is 7.56. The summed E-state index contributed by atoms with van der Waals surface area (Å²) in [5.41, 5.74) is 1.01. The number of ketones is 2. The predicted octanol–water partition coefficient (Wildman–Crippen LogP) is 1.15. The molecule has 114 valence electrons. The molecule has 1 aromatic heterocycles. The minimum absolute atomic E-state index is 0.00546. The lowest BCUT2D eigenvalue weighted by atomic mass is 9.43. The van der Waals surface area contributed by atoms with Crippen molar-refractivity contribution < 1.29 is 25.0 Å². The Bertz CT molecular complexity index is 729. The van der Waals surface area contributed by atoms with Crippen LogP contribution >= 0.6 is 0 Å². The zero-order valence-corrected chi connectivity index (χ0v) is 11.8. The van der Waals surface area contributed by atoms with E-state index in [0.29, 0.717) is 15.9 Å². The van der Waals surface area contributed by atoms with Crippen molar-refractivity contribution in [1.29, 1.82) is 0 Å². The summed E-state index contributed by atoms with van der Waals surface area (Å²) in [5, 5.41) is 29.9. The van der Waals surface area contributed by atoms with Crippen molar-refractivity contribution in [1.82, 2.24) is 4.73 Å². The number of hydrogen-bond acceptors (Lipinski definition) is 5. The van der Waals surface area contributed by atoms with Crippen molar-refractivity contribution in [2.45, 2.75) is 18.8 Å². The second-order valence-corrected chi connectivity index (χ2v) is 6.96. The van der Waals surface area contributed by atoms with E-state index in [9.17, 15) is 25.0 Å². The van der Waals surface area contributed by atoms with Crippen molar-refractivity contribution in [3.63, 3.8) is 0 Å². The van der Waals surface area contributed by atoms with E-state index >= 15 is 0 Å². The number of aromatic nitrogens is 1. The van der Waals surface area contributed by atoms with Crippen LogP contribution in [0, 0.1) is 29.6 Å². The first kappa shape index (κ1) is 12.3. The summed E-state index contributed by atoms with van der Waals surface area (Å²) in [5.74, 6) is -2.29. The second-order valence-electron chi connectivity index (χ2n) is 6.96. The van der Waals surface area contributed by atoms with Crippen LogP contribution in [-0.2, 0) is 9.59 Å². The lowest BCUT2D eigenvalue weighted by Crippen LogP contribution is -2.56. The number of fused-ring (bicyclic) bond motifs is 1. The van der Waals surface area contributed by atoms with E-state index in [4.69, 9.17) is 0 Å². The molecular formula is C16H15NO5. The molecule has 0 radical (unpaired) electrons. The summed E-state index contributed by atoms with van der Waals surface area (Å²) in [6.45, 7) is 1.67. The first-order chi connectivity index (χ1) is 10.4. The molecular weight excluding hydrogens is 286 g/mol. The highest BCUT2D eigenvalue weighted by atomic mass is 16.5. The molecule has 6 atom stereocenters. The molecule has 1 heterocycles. The fourth-order valence-corrected chi connectivity index (χ4v) is 5.49. The van der Waals surface area contributed by atoms with Crippen molar-refractivity contribution in [3.05, 3.63) is 23.3 Å². The molecule has 6 nitrogen and oxygen atoms in total. The van der Waals surface area contributed by atoms with Crippen LogP contribution in [-0.4, -0.2) is 31.7 Å². The van der Waals surface area contributed by atoms with Gasteiger partial charge in [-0.05, 0) is 18.8 Å². The monoisotopic (exact) mass is 301 g/mol. The Labute approximate surface area is 125 Å². The molecule has 5 aliphatic rings. The maximum Gasteiger partial charge on any atom is 0.233 e. The smallest absolute Gasteiger partial charge is 0.233 e. The minimum Gasteiger partial charge on any atom is -0.492 e. The molecule has 5 aliphatic carbocycles. The van der Waals surface area contributed by atoms with E-state index < -0.39 is 5.92 Å². The third-order valence-electron chi connectivity index (χ3n) is 6.37. The quantitative estimate of drug-likeness (QED) is 0.379. The fraction of sp³-hybridized carbons (Fsp3) is 0.500. The van der Waals surface area contributed by atoms with E-state index in [1.807, 2.05) is 12.2 Å². The lowest BCUT2D eigenvalue weighted by Gasteiger charge is -2.57. The molecule has 3 N–H and O–H groups in total. The maximum absolute atomic E-state index is 12.4. The van der Waals surface area contributed by atoms with Gasteiger partial charge in [-0.1, -0.05) is 12.2 Å². The van der Waals surface area contributed by atoms with Gasteiger partial charge >= 0.3 is 0 Å². The number of carbonyl (C=O) groups is 2. The number of Topliss-reactive ketones (excluding diaryl/α,β-unsaturated/α-hetero) is 2. The molecule has 0 aromatic carbocycles. The molecule has 6 heteroatoms. The maximum atomic E-state index is 12.4. The number of nitrogens with zero attached hydrogens (tertiary/aromatic N) is 1. The number of carbonyl (C=O) groups excluding carboxylic acids is 2. The summed E-state index contributed by atoms with van der Waals surface area (Å²) in [6, 6.07) is 0. The Balaban J connectivity index is 1.71. The van der Waals surface area contributed by atoms with Gasteiger partial charge in [0.25, 0.3) is 0 Å². The molecule has 0 saturated heterocycles. The summed E-state index contributed by atoms with van der Waals surface area (Å²) in [4.78, 5) is 24.7. The minimum atomic E-state index is -0.542. The van der Waals surface area contributed by atoms with Crippen LogP contribution in [0.25, 0.3) is 0 Å². The average molecular weight is 301 g/mol. The highest BCUT2D eigenvalue weighted by molar-refractivity contribution is 6.13. The zero-order valence-electron chi connectivity index (χ0n) is 11.8. The van der Waals surface area contributed by atoms with Gasteiger partial charge in [-0.15, -0.1) is 4.73 Å². The molecule has 0 aliphatic heterocycles. The first-order valence-electron chi connectivity index (χ1n) is 7.56. The van der Waals surface area contributed by atoms with E-state index in [1.54, 1.807) is 6.92 Å². The largest absolute Gasteiger partial charge is 0.492 e. The van der Waals surface area contributed by atoms with Gasteiger partial charge in [-0.25, -0.2) is 0 Å². The number of rotatable bonds is 0. The Kier molecular flexibility index (Phi) is 1.90. The van der Waals surface area contributed by atoms with E-state index in [1.165, 1.54) is 0 Å². The van der Waals surface area contributed by atoms with Crippen molar-refractivity contribution >= 4 is 11.6 Å². The highest BCUT2D eigenvalue weighted by Crippen LogP contribution is 2.70. The van der Waals surface area contributed by atoms with Crippen molar-refractivity contribution in [3.8, 4) is 11.8 Å². The van der Waals surface area contributed by atoms with Gasteiger partial charge in [-0.3, -0.25) is 9.59 Å². The summed E-state index contributed by atoms with van der Waals surface area (Å²) in [6.07, 6.45) is 3.87.